The van der Waals surface area contributed by atoms with Gasteiger partial charge in [-0.3, -0.25) is 4.79 Å². The van der Waals surface area contributed by atoms with Crippen LogP contribution in [0.4, 0.5) is 4.39 Å². The van der Waals surface area contributed by atoms with Gasteiger partial charge in [-0.15, -0.1) is 0 Å². The first-order chi connectivity index (χ1) is 15.0. The van der Waals surface area contributed by atoms with E-state index in [0.29, 0.717) is 16.9 Å². The lowest BCUT2D eigenvalue weighted by atomic mass is 9.96. The molecule has 1 heterocycles. The highest BCUT2D eigenvalue weighted by molar-refractivity contribution is 6.05. The van der Waals surface area contributed by atoms with E-state index in [4.69, 9.17) is 13.9 Å². The third-order valence-electron chi connectivity index (χ3n) is 5.13. The minimum absolute atomic E-state index is 0.0127. The molecule has 0 fully saturated rings. The highest BCUT2D eigenvalue weighted by atomic mass is 19.1. The molecule has 2 aromatic carbocycles. The van der Waals surface area contributed by atoms with E-state index in [2.05, 4.69) is 0 Å². The van der Waals surface area contributed by atoms with Crippen LogP contribution in [0.25, 0.3) is 17.7 Å². The number of phenols is 1. The lowest BCUT2D eigenvalue weighted by molar-refractivity contribution is -0.117. The van der Waals surface area contributed by atoms with Crippen LogP contribution in [0.5, 0.6) is 17.2 Å². The van der Waals surface area contributed by atoms with Gasteiger partial charge in [0.25, 0.3) is 0 Å². The number of rotatable bonds is 7. The normalized spacial score (nSPS) is 13.8. The van der Waals surface area contributed by atoms with Crippen LogP contribution in [0.15, 0.2) is 58.7 Å². The molecule has 0 amide bonds. The van der Waals surface area contributed by atoms with Gasteiger partial charge in [0.2, 0.25) is 5.75 Å². The van der Waals surface area contributed by atoms with Crippen molar-refractivity contribution in [2.45, 2.75) is 12.8 Å². The summed E-state index contributed by atoms with van der Waals surface area (Å²) in [6.07, 6.45) is 5.60. The number of allylic oxidation sites excluding steroid dienone is 2. The summed E-state index contributed by atoms with van der Waals surface area (Å²) in [5, 5.41) is 10.2. The van der Waals surface area contributed by atoms with Crippen molar-refractivity contribution >= 4 is 23.5 Å². The Labute approximate surface area is 179 Å². The smallest absolute Gasteiger partial charge is 0.200 e. The molecule has 0 bridgehead atoms. The molecule has 1 N–H and O–H groups in total. The zero-order chi connectivity index (χ0) is 22.0. The molecule has 6 heteroatoms. The number of benzene rings is 2. The molecule has 1 aliphatic carbocycles. The molecule has 0 spiro atoms. The van der Waals surface area contributed by atoms with E-state index in [1.165, 1.54) is 32.6 Å². The summed E-state index contributed by atoms with van der Waals surface area (Å²) in [6, 6.07) is 11.4. The first-order valence-electron chi connectivity index (χ1n) is 9.70. The number of fused-ring (bicyclic) bond motifs is 1. The number of carbonyl (C=O) groups excluding carboxylic acids is 1. The standard InChI is InChI=1S/C25H21FO5/c1-29-23-9-15(10-24(30-2)25(23)28)8-22-17(11-16-12-18(26)5-6-21(16)22)13-19(27)14-20-4-3-7-31-20/h3-12,28H,13-14H2,1-2H3/b22-8-. The molecule has 3 aromatic rings. The Bertz CT molecular complexity index is 1160. The van der Waals surface area contributed by atoms with E-state index in [0.717, 1.165) is 16.7 Å². The van der Waals surface area contributed by atoms with Crippen LogP contribution in [0, 0.1) is 5.82 Å². The van der Waals surface area contributed by atoms with Crippen molar-refractivity contribution in [1.29, 1.82) is 0 Å². The van der Waals surface area contributed by atoms with Crippen LogP contribution in [0.3, 0.4) is 0 Å². The second-order valence-corrected chi connectivity index (χ2v) is 7.20. The molecular weight excluding hydrogens is 399 g/mol. The maximum Gasteiger partial charge on any atom is 0.200 e. The van der Waals surface area contributed by atoms with Gasteiger partial charge in [0, 0.05) is 6.42 Å². The Kier molecular flexibility index (Phi) is 5.62. The summed E-state index contributed by atoms with van der Waals surface area (Å²) in [5.41, 5.74) is 3.83. The van der Waals surface area contributed by atoms with Crippen molar-refractivity contribution in [2.24, 2.45) is 0 Å². The zero-order valence-electron chi connectivity index (χ0n) is 17.1. The van der Waals surface area contributed by atoms with Gasteiger partial charge in [-0.05, 0) is 76.4 Å². The summed E-state index contributed by atoms with van der Waals surface area (Å²) >= 11 is 0. The first kappa shape index (κ1) is 20.5. The largest absolute Gasteiger partial charge is 0.502 e. The minimum Gasteiger partial charge on any atom is -0.502 e. The second-order valence-electron chi connectivity index (χ2n) is 7.20. The molecule has 0 radical (unpaired) electrons. The molecule has 5 nitrogen and oxygen atoms in total. The number of methoxy groups -OCH3 is 2. The predicted octanol–water partition coefficient (Wildman–Crippen LogP) is 5.28. The molecule has 0 saturated heterocycles. The molecule has 4 rings (SSSR count). The van der Waals surface area contributed by atoms with Gasteiger partial charge in [0.1, 0.15) is 17.4 Å². The van der Waals surface area contributed by atoms with Gasteiger partial charge in [-0.1, -0.05) is 6.07 Å². The average Bonchev–Trinajstić information content (AvgIpc) is 3.36. The van der Waals surface area contributed by atoms with E-state index >= 15 is 0 Å². The number of carbonyl (C=O) groups is 1. The molecule has 0 unspecified atom stereocenters. The van der Waals surface area contributed by atoms with Gasteiger partial charge in [0.05, 0.1) is 26.9 Å². The van der Waals surface area contributed by atoms with Gasteiger partial charge in [-0.2, -0.15) is 0 Å². The Balaban J connectivity index is 1.73. The fraction of sp³-hybridized carbons (Fsp3) is 0.160. The SMILES string of the molecule is COc1cc(/C=C2/C(CC(=O)Cc3ccco3)=Cc3cc(F)ccc32)cc(OC)c1O. The second kappa shape index (κ2) is 8.52. The lowest BCUT2D eigenvalue weighted by Gasteiger charge is -2.12. The van der Waals surface area contributed by atoms with Crippen molar-refractivity contribution < 1.29 is 28.2 Å². The predicted molar refractivity (Wildman–Crippen MR) is 115 cm³/mol. The summed E-state index contributed by atoms with van der Waals surface area (Å²) in [4.78, 5) is 12.7. The molecule has 31 heavy (non-hydrogen) atoms. The van der Waals surface area contributed by atoms with Crippen LogP contribution < -0.4 is 9.47 Å². The minimum atomic E-state index is -0.342. The quantitative estimate of drug-likeness (QED) is 0.563. The van der Waals surface area contributed by atoms with E-state index in [1.54, 1.807) is 30.3 Å². The number of hydrogen-bond acceptors (Lipinski definition) is 5. The number of Topliss-reactive ketones (excluding diaryl/α,β-unsaturated/α-hetero) is 1. The molecule has 0 atom stereocenters. The van der Waals surface area contributed by atoms with Crippen molar-refractivity contribution in [3.8, 4) is 17.2 Å². The van der Waals surface area contributed by atoms with Crippen LogP contribution in [-0.4, -0.2) is 25.1 Å². The summed E-state index contributed by atoms with van der Waals surface area (Å²) < 4.78 is 29.6. The van der Waals surface area contributed by atoms with Gasteiger partial charge in [-0.25, -0.2) is 4.39 Å². The Morgan fingerprint density at radius 1 is 1.10 bits per heavy atom. The van der Waals surface area contributed by atoms with Gasteiger partial charge in [0.15, 0.2) is 11.5 Å². The maximum absolute atomic E-state index is 13.8. The van der Waals surface area contributed by atoms with E-state index in [1.807, 2.05) is 12.2 Å². The molecule has 0 saturated carbocycles. The first-order valence-corrected chi connectivity index (χ1v) is 9.70. The average molecular weight is 420 g/mol. The maximum atomic E-state index is 13.8. The summed E-state index contributed by atoms with van der Waals surface area (Å²) in [5.74, 6) is 0.689. The summed E-state index contributed by atoms with van der Waals surface area (Å²) in [7, 11) is 2.91. The molecule has 1 aromatic heterocycles. The van der Waals surface area contributed by atoms with Gasteiger partial charge < -0.3 is 19.0 Å². The number of ketones is 1. The van der Waals surface area contributed by atoms with Crippen molar-refractivity contribution in [3.05, 3.63) is 82.6 Å². The van der Waals surface area contributed by atoms with E-state index in [-0.39, 0.29) is 41.7 Å². The number of furan rings is 1. The highest BCUT2D eigenvalue weighted by Gasteiger charge is 2.22. The Morgan fingerprint density at radius 2 is 1.84 bits per heavy atom. The van der Waals surface area contributed by atoms with Crippen molar-refractivity contribution in [2.75, 3.05) is 14.2 Å². The van der Waals surface area contributed by atoms with Crippen LogP contribution in [0.1, 0.15) is 28.9 Å². The third kappa shape index (κ3) is 4.23. The Morgan fingerprint density at radius 3 is 2.48 bits per heavy atom. The highest BCUT2D eigenvalue weighted by Crippen LogP contribution is 2.42. The molecule has 0 aliphatic heterocycles. The molecular formula is C25H21FO5. The van der Waals surface area contributed by atoms with Crippen LogP contribution in [0.2, 0.25) is 0 Å². The van der Waals surface area contributed by atoms with E-state index < -0.39 is 0 Å². The van der Waals surface area contributed by atoms with Crippen LogP contribution in [-0.2, 0) is 11.2 Å². The molecule has 1 aliphatic rings. The number of aromatic hydroxyl groups is 1. The monoisotopic (exact) mass is 420 g/mol. The van der Waals surface area contributed by atoms with Crippen LogP contribution >= 0.6 is 0 Å². The topological polar surface area (TPSA) is 68.9 Å². The third-order valence-corrected chi connectivity index (χ3v) is 5.13. The zero-order valence-corrected chi connectivity index (χ0v) is 17.1. The fourth-order valence-electron chi connectivity index (χ4n) is 3.70. The summed E-state index contributed by atoms with van der Waals surface area (Å²) in [6.45, 7) is 0. The van der Waals surface area contributed by atoms with Crippen molar-refractivity contribution in [1.82, 2.24) is 0 Å². The number of hydrogen-bond donors (Lipinski definition) is 1. The van der Waals surface area contributed by atoms with Gasteiger partial charge >= 0.3 is 0 Å². The number of ether oxygens (including phenoxy) is 2. The van der Waals surface area contributed by atoms with E-state index in [9.17, 15) is 14.3 Å². The molecule has 158 valence electrons. The lowest BCUT2D eigenvalue weighted by Crippen LogP contribution is -2.03. The fourth-order valence-corrected chi connectivity index (χ4v) is 3.70. The van der Waals surface area contributed by atoms with Crippen molar-refractivity contribution in [3.63, 3.8) is 0 Å². The Hall–Kier alpha value is -3.80. The number of phenolic OH excluding ortho intramolecular Hbond substituents is 1. The number of halogens is 1.